The molecule has 1 N–H and O–H groups in total. The van der Waals surface area contributed by atoms with Crippen molar-refractivity contribution in [1.82, 2.24) is 0 Å². The minimum atomic E-state index is -0.346. The third kappa shape index (κ3) is 1.58. The van der Waals surface area contributed by atoms with E-state index >= 15 is 0 Å². The van der Waals surface area contributed by atoms with E-state index in [0.29, 0.717) is 5.92 Å². The monoisotopic (exact) mass is 142 g/mol. The molecule has 1 saturated heterocycles. The summed E-state index contributed by atoms with van der Waals surface area (Å²) in [5, 5.41) is 9.34. The van der Waals surface area contributed by atoms with E-state index in [4.69, 9.17) is 4.74 Å². The van der Waals surface area contributed by atoms with Gasteiger partial charge in [-0.25, -0.2) is 0 Å². The minimum Gasteiger partial charge on any atom is -0.390 e. The van der Waals surface area contributed by atoms with Crippen molar-refractivity contribution in [2.24, 2.45) is 5.92 Å². The summed E-state index contributed by atoms with van der Waals surface area (Å²) < 4.78 is 5.28. The molecule has 0 amide bonds. The lowest BCUT2D eigenvalue weighted by atomic mass is 9.98. The number of aliphatic hydroxyl groups is 1. The molecule has 1 aliphatic heterocycles. The Morgan fingerprint density at radius 3 is 2.90 bits per heavy atom. The number of ether oxygens (including phenoxy) is 1. The van der Waals surface area contributed by atoms with Gasteiger partial charge in [0.15, 0.2) is 0 Å². The van der Waals surface area contributed by atoms with Crippen LogP contribution in [0.3, 0.4) is 0 Å². The molecule has 10 heavy (non-hydrogen) atoms. The van der Waals surface area contributed by atoms with E-state index in [1.807, 2.05) is 0 Å². The molecular formula is C8H14O2. The first kappa shape index (κ1) is 7.76. The molecule has 1 fully saturated rings. The van der Waals surface area contributed by atoms with E-state index in [0.717, 1.165) is 13.0 Å². The first-order valence-electron chi connectivity index (χ1n) is 3.66. The van der Waals surface area contributed by atoms with Crippen molar-refractivity contribution in [3.05, 3.63) is 12.7 Å². The summed E-state index contributed by atoms with van der Waals surface area (Å²) in [7, 11) is 0. The van der Waals surface area contributed by atoms with Crippen LogP contribution in [0.5, 0.6) is 0 Å². The molecule has 0 bridgehead atoms. The summed E-state index contributed by atoms with van der Waals surface area (Å²) in [6, 6.07) is 0. The van der Waals surface area contributed by atoms with Crippen LogP contribution >= 0.6 is 0 Å². The second-order valence-electron chi connectivity index (χ2n) is 2.94. The van der Waals surface area contributed by atoms with Gasteiger partial charge in [-0.2, -0.15) is 0 Å². The molecule has 0 aromatic heterocycles. The zero-order chi connectivity index (χ0) is 7.56. The average molecular weight is 142 g/mol. The van der Waals surface area contributed by atoms with Gasteiger partial charge in [-0.1, -0.05) is 13.0 Å². The summed E-state index contributed by atoms with van der Waals surface area (Å²) in [6.45, 7) is 6.39. The van der Waals surface area contributed by atoms with Gasteiger partial charge in [0.25, 0.3) is 0 Å². The van der Waals surface area contributed by atoms with Gasteiger partial charge < -0.3 is 9.84 Å². The lowest BCUT2D eigenvalue weighted by molar-refractivity contribution is -0.0710. The van der Waals surface area contributed by atoms with Crippen molar-refractivity contribution in [3.8, 4) is 0 Å². The third-order valence-corrected chi connectivity index (χ3v) is 1.83. The molecule has 0 aromatic carbocycles. The third-order valence-electron chi connectivity index (χ3n) is 1.83. The van der Waals surface area contributed by atoms with Gasteiger partial charge in [0.1, 0.15) is 6.10 Å². The number of rotatable bonds is 1. The molecule has 2 heteroatoms. The molecule has 2 nitrogen and oxygen atoms in total. The van der Waals surface area contributed by atoms with Crippen LogP contribution in [0.25, 0.3) is 0 Å². The highest BCUT2D eigenvalue weighted by atomic mass is 16.5. The standard InChI is InChI=1S/C8H14O2/c1-3-8-7(9)4-6(2)5-10-8/h3,6-9H,1,4-5H2,2H3/t6-,7+,8-/m0/s1. The Morgan fingerprint density at radius 1 is 1.70 bits per heavy atom. The van der Waals surface area contributed by atoms with Crippen LogP contribution in [-0.2, 0) is 4.74 Å². The van der Waals surface area contributed by atoms with Crippen LogP contribution in [0, 0.1) is 5.92 Å². The lowest BCUT2D eigenvalue weighted by Crippen LogP contribution is -2.36. The van der Waals surface area contributed by atoms with Gasteiger partial charge in [0.2, 0.25) is 0 Å². The van der Waals surface area contributed by atoms with E-state index in [1.54, 1.807) is 6.08 Å². The fourth-order valence-electron chi connectivity index (χ4n) is 1.23. The fraction of sp³-hybridized carbons (Fsp3) is 0.750. The number of hydrogen-bond donors (Lipinski definition) is 1. The van der Waals surface area contributed by atoms with Gasteiger partial charge in [-0.3, -0.25) is 0 Å². The molecular weight excluding hydrogens is 128 g/mol. The predicted molar refractivity (Wildman–Crippen MR) is 39.7 cm³/mol. The maximum atomic E-state index is 9.34. The first-order chi connectivity index (χ1) is 4.74. The average Bonchev–Trinajstić information content (AvgIpc) is 1.88. The lowest BCUT2D eigenvalue weighted by Gasteiger charge is -2.29. The topological polar surface area (TPSA) is 29.5 Å². The smallest absolute Gasteiger partial charge is 0.101 e. The van der Waals surface area contributed by atoms with E-state index in [-0.39, 0.29) is 12.2 Å². The molecule has 0 aliphatic carbocycles. The Labute approximate surface area is 61.5 Å². The van der Waals surface area contributed by atoms with Crippen molar-refractivity contribution in [2.45, 2.75) is 25.6 Å². The molecule has 1 heterocycles. The number of aliphatic hydroxyl groups excluding tert-OH is 1. The zero-order valence-electron chi connectivity index (χ0n) is 6.29. The molecule has 58 valence electrons. The molecule has 0 radical (unpaired) electrons. The van der Waals surface area contributed by atoms with Gasteiger partial charge in [0, 0.05) is 0 Å². The van der Waals surface area contributed by atoms with Gasteiger partial charge in [-0.15, -0.1) is 6.58 Å². The van der Waals surface area contributed by atoms with Gasteiger partial charge in [0.05, 0.1) is 12.7 Å². The second-order valence-corrected chi connectivity index (χ2v) is 2.94. The van der Waals surface area contributed by atoms with E-state index in [9.17, 15) is 5.11 Å². The van der Waals surface area contributed by atoms with Crippen molar-refractivity contribution >= 4 is 0 Å². The Morgan fingerprint density at radius 2 is 2.40 bits per heavy atom. The van der Waals surface area contributed by atoms with E-state index in [1.165, 1.54) is 0 Å². The molecule has 0 aromatic rings. The molecule has 1 aliphatic rings. The van der Waals surface area contributed by atoms with E-state index in [2.05, 4.69) is 13.5 Å². The molecule has 3 atom stereocenters. The number of hydrogen-bond acceptors (Lipinski definition) is 2. The van der Waals surface area contributed by atoms with Crippen LogP contribution in [0.15, 0.2) is 12.7 Å². The highest BCUT2D eigenvalue weighted by Crippen LogP contribution is 2.19. The largest absolute Gasteiger partial charge is 0.390 e. The van der Waals surface area contributed by atoms with Crippen molar-refractivity contribution < 1.29 is 9.84 Å². The van der Waals surface area contributed by atoms with E-state index < -0.39 is 0 Å². The maximum Gasteiger partial charge on any atom is 0.101 e. The molecule has 0 saturated carbocycles. The van der Waals surface area contributed by atoms with Crippen molar-refractivity contribution in [2.75, 3.05) is 6.61 Å². The van der Waals surface area contributed by atoms with Gasteiger partial charge in [-0.05, 0) is 12.3 Å². The Hall–Kier alpha value is -0.340. The molecule has 1 rings (SSSR count). The summed E-state index contributed by atoms with van der Waals surface area (Å²) in [4.78, 5) is 0. The van der Waals surface area contributed by atoms with Crippen molar-refractivity contribution in [1.29, 1.82) is 0 Å². The normalized spacial score (nSPS) is 41.2. The Kier molecular flexibility index (Phi) is 2.46. The highest BCUT2D eigenvalue weighted by Gasteiger charge is 2.24. The fourth-order valence-corrected chi connectivity index (χ4v) is 1.23. The zero-order valence-corrected chi connectivity index (χ0v) is 6.29. The minimum absolute atomic E-state index is 0.142. The molecule has 0 unspecified atom stereocenters. The maximum absolute atomic E-state index is 9.34. The SMILES string of the molecule is C=C[C@@H]1OC[C@@H](C)C[C@H]1O. The highest BCUT2D eigenvalue weighted by molar-refractivity contribution is 4.89. The summed E-state index contributed by atoms with van der Waals surface area (Å²) in [5.41, 5.74) is 0. The second kappa shape index (κ2) is 3.17. The van der Waals surface area contributed by atoms with Crippen molar-refractivity contribution in [3.63, 3.8) is 0 Å². The van der Waals surface area contributed by atoms with Crippen LogP contribution in [-0.4, -0.2) is 23.9 Å². The Bertz CT molecular complexity index is 122. The first-order valence-corrected chi connectivity index (χ1v) is 3.66. The quantitative estimate of drug-likeness (QED) is 0.552. The summed E-state index contributed by atoms with van der Waals surface area (Å²) >= 11 is 0. The summed E-state index contributed by atoms with van der Waals surface area (Å²) in [5.74, 6) is 0.478. The predicted octanol–water partition coefficient (Wildman–Crippen LogP) is 0.958. The van der Waals surface area contributed by atoms with Crippen LogP contribution < -0.4 is 0 Å². The van der Waals surface area contributed by atoms with Gasteiger partial charge >= 0.3 is 0 Å². The van der Waals surface area contributed by atoms with Crippen LogP contribution in [0.1, 0.15) is 13.3 Å². The Balaban J connectivity index is 2.43. The summed E-state index contributed by atoms with van der Waals surface area (Å²) in [6.07, 6.45) is 2.00. The van der Waals surface area contributed by atoms with Crippen LogP contribution in [0.4, 0.5) is 0 Å². The molecule has 0 spiro atoms. The van der Waals surface area contributed by atoms with Crippen LogP contribution in [0.2, 0.25) is 0 Å².